The Morgan fingerprint density at radius 2 is 1.80 bits per heavy atom. The van der Waals surface area contributed by atoms with Crippen molar-refractivity contribution < 1.29 is 9.59 Å². The highest BCUT2D eigenvalue weighted by atomic mass is 16.2. The largest absolute Gasteiger partial charge is 0.363 e. The van der Waals surface area contributed by atoms with Crippen LogP contribution in [0.25, 0.3) is 0 Å². The topological polar surface area (TPSA) is 65.2 Å². The van der Waals surface area contributed by atoms with Gasteiger partial charge in [-0.05, 0) is 70.0 Å². The van der Waals surface area contributed by atoms with E-state index in [-0.39, 0.29) is 23.4 Å². The Hall–Kier alpha value is -2.56. The molecule has 1 aromatic carbocycles. The van der Waals surface area contributed by atoms with E-state index in [2.05, 4.69) is 10.3 Å². The lowest BCUT2D eigenvalue weighted by molar-refractivity contribution is 0.0732. The van der Waals surface area contributed by atoms with Crippen LogP contribution in [0.3, 0.4) is 0 Å². The number of hydrogen-bond acceptors (Lipinski definition) is 2. The van der Waals surface area contributed by atoms with Crippen molar-refractivity contribution in [2.45, 2.75) is 45.2 Å². The first kappa shape index (κ1) is 17.3. The van der Waals surface area contributed by atoms with Crippen LogP contribution >= 0.6 is 0 Å². The molecule has 2 amide bonds. The molecule has 3 rings (SSSR count). The molecular weight excluding hydrogens is 314 g/mol. The third kappa shape index (κ3) is 3.92. The van der Waals surface area contributed by atoms with Crippen LogP contribution in [0.5, 0.6) is 0 Å². The minimum absolute atomic E-state index is 0.0138. The molecule has 132 valence electrons. The fourth-order valence-corrected chi connectivity index (χ4v) is 3.23. The first-order chi connectivity index (χ1) is 11.8. The Morgan fingerprint density at radius 1 is 1.12 bits per heavy atom. The van der Waals surface area contributed by atoms with Crippen molar-refractivity contribution in [1.82, 2.24) is 15.2 Å². The number of carbonyl (C=O) groups is 2. The summed E-state index contributed by atoms with van der Waals surface area (Å²) in [6.45, 7) is 6.58. The fourth-order valence-electron chi connectivity index (χ4n) is 3.23. The van der Waals surface area contributed by atoms with Crippen molar-refractivity contribution in [1.29, 1.82) is 0 Å². The number of likely N-dealkylation sites (tertiary alicyclic amines) is 1. The molecule has 25 heavy (non-hydrogen) atoms. The first-order valence-corrected chi connectivity index (χ1v) is 8.72. The maximum absolute atomic E-state index is 12.9. The number of benzene rings is 1. The first-order valence-electron chi connectivity index (χ1n) is 8.72. The number of nitrogens with zero attached hydrogens (tertiary/aromatic N) is 1. The Morgan fingerprint density at radius 3 is 2.40 bits per heavy atom. The number of amides is 2. The summed E-state index contributed by atoms with van der Waals surface area (Å²) in [4.78, 5) is 30.2. The van der Waals surface area contributed by atoms with Crippen LogP contribution in [0.1, 0.15) is 66.1 Å². The molecule has 1 unspecified atom stereocenters. The van der Waals surface area contributed by atoms with Gasteiger partial charge < -0.3 is 15.2 Å². The van der Waals surface area contributed by atoms with E-state index in [4.69, 9.17) is 0 Å². The fraction of sp³-hybridized carbons (Fsp3) is 0.400. The van der Waals surface area contributed by atoms with Crippen LogP contribution in [-0.4, -0.2) is 33.8 Å². The van der Waals surface area contributed by atoms with Gasteiger partial charge in [0.05, 0.1) is 6.04 Å². The van der Waals surface area contributed by atoms with Crippen molar-refractivity contribution in [3.05, 3.63) is 59.4 Å². The molecule has 0 radical (unpaired) electrons. The predicted molar refractivity (Wildman–Crippen MR) is 97.5 cm³/mol. The van der Waals surface area contributed by atoms with Gasteiger partial charge in [-0.1, -0.05) is 0 Å². The predicted octanol–water partition coefficient (Wildman–Crippen LogP) is 3.52. The van der Waals surface area contributed by atoms with Crippen molar-refractivity contribution in [2.24, 2.45) is 0 Å². The average molecular weight is 339 g/mol. The van der Waals surface area contributed by atoms with Gasteiger partial charge in [-0.2, -0.15) is 0 Å². The van der Waals surface area contributed by atoms with E-state index in [0.717, 1.165) is 25.1 Å². The van der Waals surface area contributed by atoms with Gasteiger partial charge in [-0.3, -0.25) is 9.59 Å². The van der Waals surface area contributed by atoms with Gasteiger partial charge in [0.2, 0.25) is 0 Å². The summed E-state index contributed by atoms with van der Waals surface area (Å²) in [5.41, 5.74) is 1.97. The Bertz CT molecular complexity index is 742. The van der Waals surface area contributed by atoms with Crippen LogP contribution in [0.15, 0.2) is 42.6 Å². The number of carbonyl (C=O) groups excluding carboxylic acids is 2. The van der Waals surface area contributed by atoms with E-state index in [9.17, 15) is 9.59 Å². The van der Waals surface area contributed by atoms with Crippen LogP contribution in [0, 0.1) is 0 Å². The zero-order chi connectivity index (χ0) is 18.0. The number of aromatic nitrogens is 1. The van der Waals surface area contributed by atoms with Crippen LogP contribution < -0.4 is 5.32 Å². The SMILES string of the molecule is CC(C)(C)NC(=O)c1ccc(C(=O)N2CCCC2c2ccc[nH]2)cc1. The summed E-state index contributed by atoms with van der Waals surface area (Å²) in [6.07, 6.45) is 3.86. The minimum atomic E-state index is -0.287. The van der Waals surface area contributed by atoms with Gasteiger partial charge in [0, 0.05) is 35.1 Å². The monoisotopic (exact) mass is 339 g/mol. The summed E-state index contributed by atoms with van der Waals surface area (Å²) in [5, 5.41) is 2.93. The third-order valence-electron chi connectivity index (χ3n) is 4.38. The normalized spacial score (nSPS) is 17.6. The molecule has 1 saturated heterocycles. The van der Waals surface area contributed by atoms with Gasteiger partial charge in [0.25, 0.3) is 11.8 Å². The molecule has 2 N–H and O–H groups in total. The molecule has 0 aliphatic carbocycles. The summed E-state index contributed by atoms with van der Waals surface area (Å²) in [6, 6.07) is 11.0. The number of rotatable bonds is 3. The molecule has 1 fully saturated rings. The molecule has 2 heterocycles. The zero-order valence-corrected chi connectivity index (χ0v) is 15.0. The molecule has 0 bridgehead atoms. The standard InChI is InChI=1S/C20H25N3O2/c1-20(2,3)22-18(24)14-8-10-15(11-9-14)19(25)23-13-5-7-17(23)16-6-4-12-21-16/h4,6,8-12,17,21H,5,7,13H2,1-3H3,(H,22,24). The Balaban J connectivity index is 1.73. The zero-order valence-electron chi connectivity index (χ0n) is 15.0. The molecule has 5 nitrogen and oxygen atoms in total. The minimum Gasteiger partial charge on any atom is -0.363 e. The van der Waals surface area contributed by atoms with Crippen molar-refractivity contribution in [3.8, 4) is 0 Å². The van der Waals surface area contributed by atoms with E-state index in [1.54, 1.807) is 24.3 Å². The second-order valence-electron chi connectivity index (χ2n) is 7.56. The van der Waals surface area contributed by atoms with Crippen molar-refractivity contribution >= 4 is 11.8 Å². The van der Waals surface area contributed by atoms with Gasteiger partial charge in [0.1, 0.15) is 0 Å². The second kappa shape index (κ2) is 6.75. The lowest BCUT2D eigenvalue weighted by Crippen LogP contribution is -2.40. The Labute approximate surface area is 148 Å². The van der Waals surface area contributed by atoms with E-state index in [0.29, 0.717) is 11.1 Å². The average Bonchev–Trinajstić information content (AvgIpc) is 3.23. The molecular formula is C20H25N3O2. The van der Waals surface area contributed by atoms with Gasteiger partial charge in [-0.15, -0.1) is 0 Å². The van der Waals surface area contributed by atoms with Crippen LogP contribution in [-0.2, 0) is 0 Å². The molecule has 5 heteroatoms. The lowest BCUT2D eigenvalue weighted by atomic mass is 10.1. The second-order valence-corrected chi connectivity index (χ2v) is 7.56. The molecule has 1 atom stereocenters. The molecule has 1 aliphatic heterocycles. The number of aromatic amines is 1. The van der Waals surface area contributed by atoms with E-state index in [1.165, 1.54) is 0 Å². The highest BCUT2D eigenvalue weighted by molar-refractivity contribution is 5.98. The summed E-state index contributed by atoms with van der Waals surface area (Å²) in [5.74, 6) is -0.114. The summed E-state index contributed by atoms with van der Waals surface area (Å²) >= 11 is 0. The van der Waals surface area contributed by atoms with Gasteiger partial charge >= 0.3 is 0 Å². The van der Waals surface area contributed by atoms with Gasteiger partial charge in [0.15, 0.2) is 0 Å². The number of H-pyrrole nitrogens is 1. The molecule has 1 aliphatic rings. The highest BCUT2D eigenvalue weighted by Gasteiger charge is 2.31. The van der Waals surface area contributed by atoms with E-state index in [1.807, 2.05) is 44.0 Å². The lowest BCUT2D eigenvalue weighted by Gasteiger charge is -2.24. The molecule has 1 aromatic heterocycles. The van der Waals surface area contributed by atoms with Crippen LogP contribution in [0.2, 0.25) is 0 Å². The maximum atomic E-state index is 12.9. The highest BCUT2D eigenvalue weighted by Crippen LogP contribution is 2.32. The molecule has 0 saturated carbocycles. The van der Waals surface area contributed by atoms with Crippen molar-refractivity contribution in [3.63, 3.8) is 0 Å². The number of nitrogens with one attached hydrogen (secondary N) is 2. The maximum Gasteiger partial charge on any atom is 0.254 e. The quantitative estimate of drug-likeness (QED) is 0.898. The third-order valence-corrected chi connectivity index (χ3v) is 4.38. The molecule has 0 spiro atoms. The van der Waals surface area contributed by atoms with Crippen molar-refractivity contribution in [2.75, 3.05) is 6.54 Å². The van der Waals surface area contributed by atoms with E-state index < -0.39 is 0 Å². The Kier molecular flexibility index (Phi) is 4.66. The summed E-state index contributed by atoms with van der Waals surface area (Å²) < 4.78 is 0. The number of hydrogen-bond donors (Lipinski definition) is 2. The smallest absolute Gasteiger partial charge is 0.254 e. The summed E-state index contributed by atoms with van der Waals surface area (Å²) in [7, 11) is 0. The molecule has 2 aromatic rings. The van der Waals surface area contributed by atoms with Gasteiger partial charge in [-0.25, -0.2) is 0 Å². The van der Waals surface area contributed by atoms with Crippen LogP contribution in [0.4, 0.5) is 0 Å². The van der Waals surface area contributed by atoms with E-state index >= 15 is 0 Å².